The number of carbonyl (C=O) groups excluding carboxylic acids is 1. The van der Waals surface area contributed by atoms with Crippen LogP contribution < -0.4 is 9.64 Å². The fourth-order valence-corrected chi connectivity index (χ4v) is 7.08. The zero-order valence-corrected chi connectivity index (χ0v) is 23.4. The van der Waals surface area contributed by atoms with E-state index in [-0.39, 0.29) is 12.5 Å². The average molecular weight is 519 g/mol. The number of aryl methyl sites for hydroxylation is 2. The van der Waals surface area contributed by atoms with Crippen LogP contribution in [0.25, 0.3) is 10.2 Å². The molecule has 3 aliphatic rings. The highest BCUT2D eigenvalue weighted by molar-refractivity contribution is 7.19. The number of nitrogens with zero attached hydrogens (tertiary/aromatic N) is 4. The van der Waals surface area contributed by atoms with Crippen molar-refractivity contribution in [1.82, 2.24) is 14.9 Å². The van der Waals surface area contributed by atoms with E-state index in [0.717, 1.165) is 48.9 Å². The number of hydrogen-bond donors (Lipinski definition) is 0. The van der Waals surface area contributed by atoms with E-state index in [1.54, 1.807) is 0 Å². The molecule has 2 aliphatic carbocycles. The maximum absolute atomic E-state index is 12.9. The second-order valence-corrected chi connectivity index (χ2v) is 13.2. The van der Waals surface area contributed by atoms with Crippen LogP contribution in [-0.2, 0) is 17.6 Å². The maximum atomic E-state index is 12.9. The van der Waals surface area contributed by atoms with Gasteiger partial charge in [0.05, 0.1) is 5.39 Å². The highest BCUT2D eigenvalue weighted by Crippen LogP contribution is 2.47. The van der Waals surface area contributed by atoms with Crippen LogP contribution >= 0.6 is 11.3 Å². The highest BCUT2D eigenvalue weighted by atomic mass is 32.1. The standard InChI is InChI=1S/C30H38N4O2S/c1-19-6-5-7-22(16-19)36-18-25(35)33-12-14-34(15-13-33)28-26-23-11-10-21(30(2,3)4)17-24(23)37-29(26)32-27(31-28)20-8-9-20/h5-7,16,20-21H,8-15,17-18H2,1-4H3/t21-/m0/s1. The Morgan fingerprint density at radius 3 is 2.59 bits per heavy atom. The first-order chi connectivity index (χ1) is 17.8. The van der Waals surface area contributed by atoms with Gasteiger partial charge in [0.2, 0.25) is 0 Å². The first-order valence-electron chi connectivity index (χ1n) is 13.8. The van der Waals surface area contributed by atoms with Gasteiger partial charge in [0, 0.05) is 37.0 Å². The largest absolute Gasteiger partial charge is 0.484 e. The molecule has 1 amide bonds. The van der Waals surface area contributed by atoms with Gasteiger partial charge in [-0.3, -0.25) is 4.79 Å². The van der Waals surface area contributed by atoms with Crippen molar-refractivity contribution in [2.24, 2.45) is 11.3 Å². The van der Waals surface area contributed by atoms with Crippen molar-refractivity contribution in [2.45, 2.75) is 65.7 Å². The van der Waals surface area contributed by atoms with Crippen molar-refractivity contribution < 1.29 is 9.53 Å². The second kappa shape index (κ2) is 9.57. The van der Waals surface area contributed by atoms with Crippen molar-refractivity contribution in [3.63, 3.8) is 0 Å². The Balaban J connectivity index is 1.20. The van der Waals surface area contributed by atoms with Gasteiger partial charge in [-0.1, -0.05) is 32.9 Å². The number of hydrogen-bond acceptors (Lipinski definition) is 6. The maximum Gasteiger partial charge on any atom is 0.260 e. The molecule has 2 aromatic heterocycles. The third kappa shape index (κ3) is 5.07. The summed E-state index contributed by atoms with van der Waals surface area (Å²) in [5.41, 5.74) is 2.95. The topological polar surface area (TPSA) is 58.6 Å². The lowest BCUT2D eigenvalue weighted by Crippen LogP contribution is -2.50. The molecule has 7 heteroatoms. The minimum absolute atomic E-state index is 0.0498. The van der Waals surface area contributed by atoms with Crippen LogP contribution in [-0.4, -0.2) is 53.6 Å². The number of amides is 1. The molecule has 1 atom stereocenters. The van der Waals surface area contributed by atoms with Crippen molar-refractivity contribution in [3.05, 3.63) is 46.1 Å². The molecule has 2 fully saturated rings. The molecule has 37 heavy (non-hydrogen) atoms. The van der Waals surface area contributed by atoms with E-state index in [0.29, 0.717) is 30.3 Å². The number of thiophene rings is 1. The van der Waals surface area contributed by atoms with Crippen molar-refractivity contribution in [1.29, 1.82) is 0 Å². The molecule has 0 spiro atoms. The van der Waals surface area contributed by atoms with Crippen LogP contribution in [0.2, 0.25) is 0 Å². The summed E-state index contributed by atoms with van der Waals surface area (Å²) in [6.07, 6.45) is 5.90. The van der Waals surface area contributed by atoms with E-state index in [2.05, 4.69) is 25.7 Å². The molecule has 0 bridgehead atoms. The zero-order valence-electron chi connectivity index (χ0n) is 22.5. The Bertz CT molecular complexity index is 1320. The summed E-state index contributed by atoms with van der Waals surface area (Å²) in [6, 6.07) is 7.86. The quantitative estimate of drug-likeness (QED) is 0.430. The van der Waals surface area contributed by atoms with Gasteiger partial charge in [-0.2, -0.15) is 0 Å². The van der Waals surface area contributed by atoms with Gasteiger partial charge >= 0.3 is 0 Å². The molecule has 3 heterocycles. The summed E-state index contributed by atoms with van der Waals surface area (Å²) < 4.78 is 5.78. The van der Waals surface area contributed by atoms with Gasteiger partial charge < -0.3 is 14.5 Å². The van der Waals surface area contributed by atoms with E-state index in [4.69, 9.17) is 14.7 Å². The number of aromatic nitrogens is 2. The van der Waals surface area contributed by atoms with Gasteiger partial charge in [-0.25, -0.2) is 9.97 Å². The monoisotopic (exact) mass is 518 g/mol. The lowest BCUT2D eigenvalue weighted by Gasteiger charge is -2.36. The number of anilines is 1. The van der Waals surface area contributed by atoms with Crippen molar-refractivity contribution in [3.8, 4) is 5.75 Å². The molecule has 0 unspecified atom stereocenters. The molecule has 6 rings (SSSR count). The fourth-order valence-electron chi connectivity index (χ4n) is 5.78. The molecular weight excluding hydrogens is 480 g/mol. The van der Waals surface area contributed by atoms with Gasteiger partial charge in [0.25, 0.3) is 5.91 Å². The number of ether oxygens (including phenoxy) is 1. The van der Waals surface area contributed by atoms with E-state index in [1.165, 1.54) is 39.9 Å². The average Bonchev–Trinajstić information content (AvgIpc) is 3.66. The summed E-state index contributed by atoms with van der Waals surface area (Å²) >= 11 is 1.91. The van der Waals surface area contributed by atoms with Crippen molar-refractivity contribution in [2.75, 3.05) is 37.7 Å². The van der Waals surface area contributed by atoms with Gasteiger partial charge in [0.15, 0.2) is 6.61 Å². The van der Waals surface area contributed by atoms with E-state index >= 15 is 0 Å². The second-order valence-electron chi connectivity index (χ2n) is 12.1. The number of benzene rings is 1. The van der Waals surface area contributed by atoms with E-state index in [9.17, 15) is 4.79 Å². The molecule has 3 aromatic rings. The summed E-state index contributed by atoms with van der Waals surface area (Å²) in [7, 11) is 0. The predicted molar refractivity (Wildman–Crippen MR) is 150 cm³/mol. The van der Waals surface area contributed by atoms with Crippen LogP contribution in [0.4, 0.5) is 5.82 Å². The lowest BCUT2D eigenvalue weighted by molar-refractivity contribution is -0.133. The summed E-state index contributed by atoms with van der Waals surface area (Å²) in [4.78, 5) is 30.2. The minimum Gasteiger partial charge on any atom is -0.484 e. The molecule has 6 nitrogen and oxygen atoms in total. The molecular formula is C30H38N4O2S. The molecule has 0 radical (unpaired) electrons. The molecule has 196 valence electrons. The normalized spacial score (nSPS) is 20.3. The molecule has 0 N–H and O–H groups in total. The SMILES string of the molecule is Cc1cccc(OCC(=O)N2CCN(c3nc(C4CC4)nc4sc5c(c34)CC[C@H](C(C)(C)C)C5)CC2)c1. The minimum atomic E-state index is 0.0498. The number of carbonyl (C=O) groups is 1. The summed E-state index contributed by atoms with van der Waals surface area (Å²) in [5, 5.41) is 1.29. The van der Waals surface area contributed by atoms with Gasteiger partial charge in [-0.15, -0.1) is 11.3 Å². The predicted octanol–water partition coefficient (Wildman–Crippen LogP) is 5.76. The lowest BCUT2D eigenvalue weighted by atomic mass is 9.72. The first-order valence-corrected chi connectivity index (χ1v) is 14.6. The summed E-state index contributed by atoms with van der Waals surface area (Å²) in [6.45, 7) is 12.2. The zero-order chi connectivity index (χ0) is 25.7. The molecule has 1 saturated heterocycles. The number of fused-ring (bicyclic) bond motifs is 3. The van der Waals surface area contributed by atoms with E-state index in [1.807, 2.05) is 47.4 Å². The van der Waals surface area contributed by atoms with Crippen molar-refractivity contribution >= 4 is 33.3 Å². The number of rotatable bonds is 5. The molecule has 1 aliphatic heterocycles. The summed E-state index contributed by atoms with van der Waals surface area (Å²) in [5.74, 6) is 4.17. The van der Waals surface area contributed by atoms with Crippen LogP contribution in [0.5, 0.6) is 5.75 Å². The van der Waals surface area contributed by atoms with Crippen LogP contribution in [0, 0.1) is 18.3 Å². The Kier molecular flexibility index (Phi) is 6.38. The Labute approximate surface area is 224 Å². The number of piperazine rings is 1. The Morgan fingerprint density at radius 2 is 1.89 bits per heavy atom. The fraction of sp³-hybridized carbons (Fsp3) is 0.567. The van der Waals surface area contributed by atoms with Crippen LogP contribution in [0.1, 0.15) is 67.8 Å². The Morgan fingerprint density at radius 1 is 1.11 bits per heavy atom. The molecule has 1 aromatic carbocycles. The first kappa shape index (κ1) is 24.7. The Hall–Kier alpha value is -2.67. The van der Waals surface area contributed by atoms with Crippen LogP contribution in [0.15, 0.2) is 24.3 Å². The smallest absolute Gasteiger partial charge is 0.260 e. The third-order valence-electron chi connectivity index (χ3n) is 8.36. The van der Waals surface area contributed by atoms with Gasteiger partial charge in [0.1, 0.15) is 22.2 Å². The van der Waals surface area contributed by atoms with Crippen LogP contribution in [0.3, 0.4) is 0 Å². The van der Waals surface area contributed by atoms with E-state index < -0.39 is 0 Å². The van der Waals surface area contributed by atoms with Gasteiger partial charge in [-0.05, 0) is 73.6 Å². The third-order valence-corrected chi connectivity index (χ3v) is 9.51. The molecule has 1 saturated carbocycles. The highest BCUT2D eigenvalue weighted by Gasteiger charge is 2.35.